The number of nitrogens with zero attached hydrogens (tertiary/aromatic N) is 2. The lowest BCUT2D eigenvalue weighted by atomic mass is 10.2. The monoisotopic (exact) mass is 254 g/mol. The zero-order valence-corrected chi connectivity index (χ0v) is 9.09. The molecule has 0 saturated heterocycles. The Morgan fingerprint density at radius 1 is 1.33 bits per heavy atom. The lowest BCUT2D eigenvalue weighted by molar-refractivity contribution is -0.638. The number of hydrogen-bond donors (Lipinski definition) is 2. The lowest BCUT2D eigenvalue weighted by Crippen LogP contribution is -2.50. The van der Waals surface area contributed by atoms with E-state index in [-0.39, 0.29) is 10.6 Å². The Morgan fingerprint density at radius 2 is 1.89 bits per heavy atom. The summed E-state index contributed by atoms with van der Waals surface area (Å²) in [5.41, 5.74) is -0.0334. The molecule has 0 spiro atoms. The van der Waals surface area contributed by atoms with Crippen LogP contribution in [0, 0.1) is 10.1 Å². The smallest absolute Gasteiger partial charge is 0.335 e. The number of benzene rings is 1. The van der Waals surface area contributed by atoms with Crippen molar-refractivity contribution in [3.63, 3.8) is 0 Å². The van der Waals surface area contributed by atoms with Gasteiger partial charge in [-0.25, -0.2) is 14.9 Å². The molecule has 0 aromatic heterocycles. The molecule has 96 valence electrons. The lowest BCUT2D eigenvalue weighted by Gasteiger charge is -2.17. The molecule has 0 bridgehead atoms. The molecule has 0 heterocycles. The highest BCUT2D eigenvalue weighted by molar-refractivity contribution is 5.95. The van der Waals surface area contributed by atoms with E-state index in [1.807, 2.05) is 0 Å². The Bertz CT molecular complexity index is 461. The zero-order valence-electron chi connectivity index (χ0n) is 9.09. The molecule has 1 atom stereocenters. The number of hydrogen-bond acceptors (Lipinski definition) is 5. The van der Waals surface area contributed by atoms with Crippen LogP contribution >= 0.6 is 0 Å². The first-order valence-electron chi connectivity index (χ1n) is 4.85. The first kappa shape index (κ1) is 13.6. The third kappa shape index (κ3) is 2.80. The summed E-state index contributed by atoms with van der Waals surface area (Å²) in [6.07, 6.45) is 0. The molecule has 0 aliphatic carbocycles. The van der Waals surface area contributed by atoms with Crippen LogP contribution in [-0.2, 0) is 4.79 Å². The van der Waals surface area contributed by atoms with Crippen LogP contribution in [0.15, 0.2) is 30.3 Å². The third-order valence-electron chi connectivity index (χ3n) is 2.16. The van der Waals surface area contributed by atoms with Crippen molar-refractivity contribution in [2.24, 2.45) is 0 Å². The van der Waals surface area contributed by atoms with Crippen LogP contribution in [0.3, 0.4) is 0 Å². The topological polar surface area (TPSA) is 121 Å². The van der Waals surface area contributed by atoms with E-state index in [0.29, 0.717) is 0 Å². The molecule has 0 saturated carbocycles. The normalized spacial score (nSPS) is 11.6. The fourth-order valence-electron chi connectivity index (χ4n) is 1.30. The minimum Gasteiger partial charge on any atom is -0.479 e. The predicted octanol–water partition coefficient (Wildman–Crippen LogP) is -0.234. The van der Waals surface area contributed by atoms with E-state index in [2.05, 4.69) is 0 Å². The number of carboxylic acid groups (broad SMARTS) is 1. The summed E-state index contributed by atoms with van der Waals surface area (Å²) < 4.78 is 0. The van der Waals surface area contributed by atoms with Crippen LogP contribution in [0.2, 0.25) is 0 Å². The number of aliphatic hydroxyl groups is 1. The van der Waals surface area contributed by atoms with Gasteiger partial charge >= 0.3 is 11.9 Å². The molecular weight excluding hydrogens is 244 g/mol. The van der Waals surface area contributed by atoms with Gasteiger partial charge in [0.05, 0.1) is 6.61 Å². The molecule has 1 rings (SSSR count). The molecule has 1 aromatic rings. The maximum atomic E-state index is 11.8. The van der Waals surface area contributed by atoms with E-state index in [9.17, 15) is 19.7 Å². The number of hydrazine groups is 1. The standard InChI is InChI=1S/C10H10N2O6/c13-6-8(10(15)16)11(12(17)18)9(14)7-4-2-1-3-5-7/h1-5,8,13H,6H2,(H,15,16)/t8-/m0/s1. The molecule has 0 unspecified atom stereocenters. The van der Waals surface area contributed by atoms with Crippen molar-refractivity contribution in [2.75, 3.05) is 6.61 Å². The maximum Gasteiger partial charge on any atom is 0.335 e. The van der Waals surface area contributed by atoms with Crippen LogP contribution in [0.5, 0.6) is 0 Å². The molecule has 0 radical (unpaired) electrons. The molecule has 8 heteroatoms. The van der Waals surface area contributed by atoms with E-state index in [1.165, 1.54) is 24.3 Å². The van der Waals surface area contributed by atoms with E-state index in [4.69, 9.17) is 10.2 Å². The highest BCUT2D eigenvalue weighted by atomic mass is 16.7. The summed E-state index contributed by atoms with van der Waals surface area (Å²) >= 11 is 0. The molecule has 0 aliphatic heterocycles. The highest BCUT2D eigenvalue weighted by Gasteiger charge is 2.39. The van der Waals surface area contributed by atoms with Gasteiger partial charge in [-0.2, -0.15) is 0 Å². The summed E-state index contributed by atoms with van der Waals surface area (Å²) in [6, 6.07) is 5.28. The summed E-state index contributed by atoms with van der Waals surface area (Å²) in [5, 5.41) is 27.1. The number of aliphatic hydroxyl groups excluding tert-OH is 1. The summed E-state index contributed by atoms with van der Waals surface area (Å²) in [5.74, 6) is -2.75. The van der Waals surface area contributed by atoms with Gasteiger partial charge in [0.2, 0.25) is 6.04 Å². The SMILES string of the molecule is O=C(O)[C@H](CO)N(C(=O)c1ccccc1)[N+](=O)[O-]. The van der Waals surface area contributed by atoms with Crippen molar-refractivity contribution in [3.8, 4) is 0 Å². The maximum absolute atomic E-state index is 11.8. The van der Waals surface area contributed by atoms with Crippen LogP contribution in [0.4, 0.5) is 0 Å². The average Bonchev–Trinajstić information content (AvgIpc) is 2.35. The van der Waals surface area contributed by atoms with E-state index >= 15 is 0 Å². The summed E-state index contributed by atoms with van der Waals surface area (Å²) in [4.78, 5) is 33.3. The van der Waals surface area contributed by atoms with Gasteiger partial charge in [0, 0.05) is 5.56 Å². The molecule has 0 fully saturated rings. The van der Waals surface area contributed by atoms with Gasteiger partial charge in [0.25, 0.3) is 0 Å². The molecule has 0 aliphatic rings. The summed E-state index contributed by atoms with van der Waals surface area (Å²) in [7, 11) is 0. The number of rotatable bonds is 5. The molecule has 1 aromatic carbocycles. The van der Waals surface area contributed by atoms with Crippen molar-refractivity contribution < 1.29 is 24.8 Å². The minimum atomic E-state index is -1.92. The number of amides is 1. The van der Waals surface area contributed by atoms with Crippen LogP contribution < -0.4 is 0 Å². The van der Waals surface area contributed by atoms with Crippen LogP contribution in [0.1, 0.15) is 10.4 Å². The van der Waals surface area contributed by atoms with E-state index in [0.717, 1.165) is 0 Å². The van der Waals surface area contributed by atoms with Crippen LogP contribution in [0.25, 0.3) is 0 Å². The Balaban J connectivity index is 3.10. The minimum absolute atomic E-state index is 0.0334. The quantitative estimate of drug-likeness (QED) is 0.552. The molecule has 1 amide bonds. The first-order valence-corrected chi connectivity index (χ1v) is 4.85. The predicted molar refractivity (Wildman–Crippen MR) is 58.1 cm³/mol. The Kier molecular flexibility index (Phi) is 4.33. The number of carbonyl (C=O) groups is 2. The van der Waals surface area contributed by atoms with Crippen LogP contribution in [-0.4, -0.2) is 44.8 Å². The van der Waals surface area contributed by atoms with Crippen molar-refractivity contribution in [1.82, 2.24) is 5.01 Å². The highest BCUT2D eigenvalue weighted by Crippen LogP contribution is 2.09. The average molecular weight is 254 g/mol. The fraction of sp³-hybridized carbons (Fsp3) is 0.200. The first-order chi connectivity index (χ1) is 8.49. The number of nitro groups is 1. The summed E-state index contributed by atoms with van der Waals surface area (Å²) in [6.45, 7) is -1.05. The van der Waals surface area contributed by atoms with Gasteiger partial charge in [-0.1, -0.05) is 18.2 Å². The third-order valence-corrected chi connectivity index (χ3v) is 2.16. The fourth-order valence-corrected chi connectivity index (χ4v) is 1.30. The Morgan fingerprint density at radius 3 is 2.28 bits per heavy atom. The van der Waals surface area contributed by atoms with Gasteiger partial charge in [0.1, 0.15) is 0 Å². The van der Waals surface area contributed by atoms with Crippen molar-refractivity contribution in [2.45, 2.75) is 6.04 Å². The molecule has 2 N–H and O–H groups in total. The van der Waals surface area contributed by atoms with Gasteiger partial charge < -0.3 is 10.2 Å². The van der Waals surface area contributed by atoms with Gasteiger partial charge in [-0.3, -0.25) is 4.79 Å². The molecular formula is C10H10N2O6. The largest absolute Gasteiger partial charge is 0.479 e. The van der Waals surface area contributed by atoms with Gasteiger partial charge in [-0.05, 0) is 17.1 Å². The van der Waals surface area contributed by atoms with Crippen molar-refractivity contribution in [1.29, 1.82) is 0 Å². The van der Waals surface area contributed by atoms with Gasteiger partial charge in [-0.15, -0.1) is 0 Å². The Labute approximate surface area is 101 Å². The van der Waals surface area contributed by atoms with E-state index < -0.39 is 29.6 Å². The second-order valence-electron chi connectivity index (χ2n) is 3.29. The number of carboxylic acids is 1. The van der Waals surface area contributed by atoms with E-state index in [1.54, 1.807) is 6.07 Å². The Hall–Kier alpha value is -2.48. The molecule has 8 nitrogen and oxygen atoms in total. The van der Waals surface area contributed by atoms with Crippen molar-refractivity contribution in [3.05, 3.63) is 46.0 Å². The zero-order chi connectivity index (χ0) is 13.7. The molecule has 18 heavy (non-hydrogen) atoms. The number of carbonyl (C=O) groups excluding carboxylic acids is 1. The second kappa shape index (κ2) is 5.73. The van der Waals surface area contributed by atoms with Crippen molar-refractivity contribution >= 4 is 11.9 Å². The van der Waals surface area contributed by atoms with Gasteiger partial charge in [0.15, 0.2) is 5.03 Å². The number of aliphatic carboxylic acids is 1. The second-order valence-corrected chi connectivity index (χ2v) is 3.29.